The molecule has 2 aromatic heterocycles. The number of aryl methyl sites for hydroxylation is 1. The molecule has 166 valence electrons. The third-order valence-corrected chi connectivity index (χ3v) is 5.46. The van der Waals surface area contributed by atoms with Crippen LogP contribution in [0.5, 0.6) is 11.5 Å². The van der Waals surface area contributed by atoms with E-state index < -0.39 is 12.2 Å². The molecule has 1 amide bonds. The van der Waals surface area contributed by atoms with Gasteiger partial charge >= 0.3 is 6.09 Å². The van der Waals surface area contributed by atoms with Gasteiger partial charge in [0, 0.05) is 12.1 Å². The zero-order valence-corrected chi connectivity index (χ0v) is 18.6. The number of fused-ring (bicyclic) bond motifs is 3. The Bertz CT molecular complexity index is 1330. The molecule has 0 saturated heterocycles. The van der Waals surface area contributed by atoms with Crippen molar-refractivity contribution >= 4 is 45.7 Å². The highest BCUT2D eigenvalue weighted by molar-refractivity contribution is 6.34. The van der Waals surface area contributed by atoms with Crippen LogP contribution in [0.4, 0.5) is 16.3 Å². The van der Waals surface area contributed by atoms with Crippen molar-refractivity contribution in [3.8, 4) is 11.5 Å². The van der Waals surface area contributed by atoms with Gasteiger partial charge < -0.3 is 19.7 Å². The number of hydrogen-bond acceptors (Lipinski definition) is 6. The Morgan fingerprint density at radius 2 is 1.88 bits per heavy atom. The smallest absolute Gasteiger partial charge is 0.417 e. The molecular formula is C22H21ClN4O5. The second-order valence-electron chi connectivity index (χ2n) is 7.17. The van der Waals surface area contributed by atoms with Crippen molar-refractivity contribution in [1.82, 2.24) is 14.4 Å². The minimum atomic E-state index is -1.27. The fraction of sp³-hybridized carbons (Fsp3) is 0.227. The van der Waals surface area contributed by atoms with Gasteiger partial charge in [0.25, 0.3) is 0 Å². The van der Waals surface area contributed by atoms with Gasteiger partial charge in [-0.3, -0.25) is 4.40 Å². The molecule has 0 aliphatic rings. The van der Waals surface area contributed by atoms with Crippen molar-refractivity contribution in [3.05, 3.63) is 52.9 Å². The van der Waals surface area contributed by atoms with E-state index in [9.17, 15) is 15.0 Å². The van der Waals surface area contributed by atoms with Gasteiger partial charge in [0.1, 0.15) is 17.4 Å². The first-order valence-corrected chi connectivity index (χ1v) is 10.1. The number of aromatic nitrogens is 3. The molecule has 0 spiro atoms. The molecule has 0 aliphatic carbocycles. The number of methoxy groups -OCH3 is 2. The lowest BCUT2D eigenvalue weighted by Crippen LogP contribution is -2.26. The number of anilines is 2. The van der Waals surface area contributed by atoms with E-state index in [1.165, 1.54) is 20.4 Å². The molecule has 2 N–H and O–H groups in total. The molecule has 0 fully saturated rings. The third-order valence-electron chi connectivity index (χ3n) is 5.16. The molecule has 32 heavy (non-hydrogen) atoms. The van der Waals surface area contributed by atoms with Crippen LogP contribution >= 0.6 is 11.6 Å². The largest absolute Gasteiger partial charge is 0.493 e. The first-order chi connectivity index (χ1) is 15.3. The number of benzene rings is 2. The van der Waals surface area contributed by atoms with E-state index in [-0.39, 0.29) is 16.5 Å². The van der Waals surface area contributed by atoms with Crippen molar-refractivity contribution in [2.24, 2.45) is 0 Å². The molecule has 4 rings (SSSR count). The highest BCUT2D eigenvalue weighted by Crippen LogP contribution is 2.39. The summed E-state index contributed by atoms with van der Waals surface area (Å²) in [6.45, 7) is 3.34. The van der Waals surface area contributed by atoms with Crippen molar-refractivity contribution < 1.29 is 24.5 Å². The second-order valence-corrected chi connectivity index (χ2v) is 7.57. The molecule has 1 unspecified atom stereocenters. The van der Waals surface area contributed by atoms with Crippen LogP contribution in [-0.2, 0) is 0 Å². The van der Waals surface area contributed by atoms with Crippen LogP contribution in [0.2, 0.25) is 5.02 Å². The molecule has 0 aliphatic heterocycles. The van der Waals surface area contributed by atoms with Crippen LogP contribution in [0.25, 0.3) is 16.6 Å². The summed E-state index contributed by atoms with van der Waals surface area (Å²) in [5.74, 6) is 1.29. The van der Waals surface area contributed by atoms with E-state index >= 15 is 0 Å². The molecule has 2 aromatic carbocycles. The number of aliphatic hydroxyl groups is 1. The van der Waals surface area contributed by atoms with E-state index in [1.54, 1.807) is 48.6 Å². The molecule has 2 heterocycles. The topological polar surface area (TPSA) is 109 Å². The minimum absolute atomic E-state index is 0.0906. The van der Waals surface area contributed by atoms with Crippen molar-refractivity contribution in [2.75, 3.05) is 19.1 Å². The van der Waals surface area contributed by atoms with E-state index in [1.807, 2.05) is 0 Å². The Morgan fingerprint density at radius 3 is 2.47 bits per heavy atom. The summed E-state index contributed by atoms with van der Waals surface area (Å²) in [7, 11) is 3.01. The average molecular weight is 457 g/mol. The Labute approximate surface area is 188 Å². The van der Waals surface area contributed by atoms with Gasteiger partial charge in [-0.15, -0.1) is 0 Å². The number of halogens is 1. The van der Waals surface area contributed by atoms with Crippen molar-refractivity contribution in [1.29, 1.82) is 0 Å². The fourth-order valence-electron chi connectivity index (χ4n) is 3.73. The molecule has 0 radical (unpaired) electrons. The summed E-state index contributed by atoms with van der Waals surface area (Å²) >= 11 is 6.40. The number of hydrogen-bond donors (Lipinski definition) is 2. The highest BCUT2D eigenvalue weighted by atomic mass is 35.5. The van der Waals surface area contributed by atoms with Gasteiger partial charge in [-0.2, -0.15) is 0 Å². The van der Waals surface area contributed by atoms with Crippen LogP contribution in [0, 0.1) is 6.92 Å². The average Bonchev–Trinajstić information content (AvgIpc) is 3.20. The van der Waals surface area contributed by atoms with Crippen LogP contribution in [-0.4, -0.2) is 44.9 Å². The standard InChI is InChI=1S/C22H21ClN4O5/c1-11-6-5-7-13(23)19(11)27(22(29)30)21-16-10-24-20(12(2)28)26(16)15-9-18(32-4)17(31-3)8-14(15)25-21/h5-10,12,28H,1-4H3,(H,29,30). The van der Waals surface area contributed by atoms with Crippen molar-refractivity contribution in [2.45, 2.75) is 20.0 Å². The number of carboxylic acid groups (broad SMARTS) is 1. The minimum Gasteiger partial charge on any atom is -0.493 e. The lowest BCUT2D eigenvalue weighted by atomic mass is 10.1. The Hall–Kier alpha value is -3.56. The van der Waals surface area contributed by atoms with Crippen LogP contribution in [0.15, 0.2) is 36.5 Å². The molecule has 9 nitrogen and oxygen atoms in total. The first-order valence-electron chi connectivity index (χ1n) is 9.67. The summed E-state index contributed by atoms with van der Waals surface area (Å²) < 4.78 is 12.5. The summed E-state index contributed by atoms with van der Waals surface area (Å²) in [5, 5.41) is 20.8. The normalized spacial score (nSPS) is 12.2. The zero-order chi connectivity index (χ0) is 23.2. The van der Waals surface area contributed by atoms with Crippen LogP contribution in [0.1, 0.15) is 24.4 Å². The summed E-state index contributed by atoms with van der Waals surface area (Å²) in [4.78, 5) is 22.5. The van der Waals surface area contributed by atoms with E-state index in [0.717, 1.165) is 4.90 Å². The number of imidazole rings is 1. The second kappa shape index (κ2) is 8.18. The third kappa shape index (κ3) is 3.35. The van der Waals surface area contributed by atoms with Gasteiger partial charge in [-0.05, 0) is 25.5 Å². The molecular weight excluding hydrogens is 436 g/mol. The quantitative estimate of drug-likeness (QED) is 0.446. The summed E-state index contributed by atoms with van der Waals surface area (Å²) in [5.41, 5.74) is 2.30. The maximum Gasteiger partial charge on any atom is 0.417 e. The lowest BCUT2D eigenvalue weighted by Gasteiger charge is -2.23. The maximum absolute atomic E-state index is 12.5. The van der Waals surface area contributed by atoms with Crippen molar-refractivity contribution in [3.63, 3.8) is 0 Å². The van der Waals surface area contributed by atoms with E-state index in [0.29, 0.717) is 39.4 Å². The lowest BCUT2D eigenvalue weighted by molar-refractivity contribution is 0.189. The maximum atomic E-state index is 12.5. The molecule has 4 aromatic rings. The van der Waals surface area contributed by atoms with Gasteiger partial charge in [0.05, 0.1) is 42.2 Å². The Balaban J connectivity index is 2.16. The van der Waals surface area contributed by atoms with Crippen LogP contribution < -0.4 is 14.4 Å². The van der Waals surface area contributed by atoms with Gasteiger partial charge in [0.2, 0.25) is 0 Å². The SMILES string of the molecule is COc1cc2nc(N(C(=O)O)c3c(C)cccc3Cl)c3cnc(C(C)O)n3c2cc1OC. The number of ether oxygens (including phenoxy) is 2. The number of amides is 1. The van der Waals surface area contributed by atoms with E-state index in [2.05, 4.69) is 9.97 Å². The Kier molecular flexibility index (Phi) is 5.53. The Morgan fingerprint density at radius 1 is 1.19 bits per heavy atom. The van der Waals surface area contributed by atoms with Gasteiger partial charge in [-0.25, -0.2) is 19.7 Å². The molecule has 10 heteroatoms. The van der Waals surface area contributed by atoms with Gasteiger partial charge in [-0.1, -0.05) is 23.7 Å². The molecule has 1 atom stereocenters. The zero-order valence-electron chi connectivity index (χ0n) is 17.8. The first kappa shape index (κ1) is 21.7. The van der Waals surface area contributed by atoms with E-state index in [4.69, 9.17) is 21.1 Å². The fourth-order valence-corrected chi connectivity index (χ4v) is 4.04. The molecule has 0 bridgehead atoms. The van der Waals surface area contributed by atoms with Crippen LogP contribution in [0.3, 0.4) is 0 Å². The number of carbonyl (C=O) groups is 1. The number of para-hydroxylation sites is 1. The van der Waals surface area contributed by atoms with Gasteiger partial charge in [0.15, 0.2) is 17.3 Å². The monoisotopic (exact) mass is 456 g/mol. The summed E-state index contributed by atoms with van der Waals surface area (Å²) in [6.07, 6.45) is -0.720. The number of rotatable bonds is 5. The molecule has 0 saturated carbocycles. The predicted octanol–water partition coefficient (Wildman–Crippen LogP) is 4.73. The number of nitrogens with zero attached hydrogens (tertiary/aromatic N) is 4. The predicted molar refractivity (Wildman–Crippen MR) is 121 cm³/mol. The summed E-state index contributed by atoms with van der Waals surface area (Å²) in [6, 6.07) is 8.47. The highest BCUT2D eigenvalue weighted by Gasteiger charge is 2.28. The number of aliphatic hydroxyl groups excluding tert-OH is 1.